The predicted molar refractivity (Wildman–Crippen MR) is 145 cm³/mol. The SMILES string of the molecule is COc1ccc2sc(N(Cc3ccccn3)C(=O)c3ccc(S(=O)(=O)N4CCCCCC4)cc3)nc2c1. The van der Waals surface area contributed by atoms with Crippen LogP contribution in [0.4, 0.5) is 5.13 Å². The van der Waals surface area contributed by atoms with Gasteiger partial charge >= 0.3 is 0 Å². The van der Waals surface area contributed by atoms with E-state index in [1.807, 2.05) is 36.4 Å². The number of fused-ring (bicyclic) bond motifs is 1. The monoisotopic (exact) mass is 536 g/mol. The van der Waals surface area contributed by atoms with Gasteiger partial charge in [0, 0.05) is 30.9 Å². The van der Waals surface area contributed by atoms with Crippen LogP contribution >= 0.6 is 11.3 Å². The Labute approximate surface area is 220 Å². The van der Waals surface area contributed by atoms with Crippen molar-refractivity contribution in [2.45, 2.75) is 37.1 Å². The first-order valence-electron chi connectivity index (χ1n) is 12.2. The molecule has 0 saturated carbocycles. The number of aromatic nitrogens is 2. The minimum absolute atomic E-state index is 0.203. The molecule has 0 bridgehead atoms. The number of hydrogen-bond acceptors (Lipinski definition) is 7. The number of thiazole rings is 1. The van der Waals surface area contributed by atoms with Crippen molar-refractivity contribution in [3.05, 3.63) is 78.1 Å². The lowest BCUT2D eigenvalue weighted by atomic mass is 10.2. The number of benzene rings is 2. The quantitative estimate of drug-likeness (QED) is 0.326. The average Bonchev–Trinajstić information content (AvgIpc) is 3.14. The lowest BCUT2D eigenvalue weighted by Crippen LogP contribution is -2.32. The van der Waals surface area contributed by atoms with Gasteiger partial charge in [-0.1, -0.05) is 30.2 Å². The van der Waals surface area contributed by atoms with E-state index in [9.17, 15) is 13.2 Å². The molecule has 0 aliphatic carbocycles. The summed E-state index contributed by atoms with van der Waals surface area (Å²) < 4.78 is 34.1. The van der Waals surface area contributed by atoms with Crippen molar-refractivity contribution in [2.75, 3.05) is 25.1 Å². The molecule has 0 radical (unpaired) electrons. The molecule has 1 fully saturated rings. The van der Waals surface area contributed by atoms with Gasteiger partial charge in [-0.05, 0) is 61.4 Å². The summed E-state index contributed by atoms with van der Waals surface area (Å²) in [7, 11) is -2.00. The smallest absolute Gasteiger partial charge is 0.260 e. The van der Waals surface area contributed by atoms with Gasteiger partial charge in [-0.2, -0.15) is 4.31 Å². The third-order valence-electron chi connectivity index (χ3n) is 6.41. The molecule has 1 saturated heterocycles. The third-order valence-corrected chi connectivity index (χ3v) is 9.38. The van der Waals surface area contributed by atoms with Gasteiger partial charge in [0.2, 0.25) is 10.0 Å². The van der Waals surface area contributed by atoms with Crippen molar-refractivity contribution in [3.63, 3.8) is 0 Å². The second-order valence-electron chi connectivity index (χ2n) is 8.89. The Bertz CT molecular complexity index is 1480. The third kappa shape index (κ3) is 5.51. The van der Waals surface area contributed by atoms with Gasteiger partial charge in [0.05, 0.1) is 34.5 Å². The number of nitrogens with zero attached hydrogens (tertiary/aromatic N) is 4. The highest BCUT2D eigenvalue weighted by Gasteiger charge is 2.27. The molecule has 2 aromatic heterocycles. The van der Waals surface area contributed by atoms with Crippen LogP contribution in [-0.2, 0) is 16.6 Å². The van der Waals surface area contributed by atoms with E-state index in [0.717, 1.165) is 35.9 Å². The van der Waals surface area contributed by atoms with E-state index in [0.29, 0.717) is 35.2 Å². The van der Waals surface area contributed by atoms with E-state index in [1.165, 1.54) is 23.5 Å². The number of carbonyl (C=O) groups excluding carboxylic acids is 1. The van der Waals surface area contributed by atoms with Crippen LogP contribution < -0.4 is 9.64 Å². The summed E-state index contributed by atoms with van der Waals surface area (Å²) in [4.78, 5) is 24.6. The number of anilines is 1. The van der Waals surface area contributed by atoms with Gasteiger partial charge in [0.25, 0.3) is 5.91 Å². The number of methoxy groups -OCH3 is 1. The average molecular weight is 537 g/mol. The lowest BCUT2D eigenvalue weighted by Gasteiger charge is -2.21. The molecule has 5 rings (SSSR count). The van der Waals surface area contributed by atoms with Crippen molar-refractivity contribution in [2.24, 2.45) is 0 Å². The molecule has 37 heavy (non-hydrogen) atoms. The van der Waals surface area contributed by atoms with E-state index >= 15 is 0 Å². The number of ether oxygens (including phenoxy) is 1. The summed E-state index contributed by atoms with van der Waals surface area (Å²) in [5.74, 6) is 0.406. The van der Waals surface area contributed by atoms with Crippen molar-refractivity contribution in [1.82, 2.24) is 14.3 Å². The van der Waals surface area contributed by atoms with Gasteiger partial charge in [-0.3, -0.25) is 14.7 Å². The summed E-state index contributed by atoms with van der Waals surface area (Å²) in [6.45, 7) is 1.29. The van der Waals surface area contributed by atoms with Gasteiger partial charge in [0.1, 0.15) is 5.75 Å². The van der Waals surface area contributed by atoms with Crippen LogP contribution in [-0.4, -0.2) is 48.8 Å². The maximum atomic E-state index is 13.7. The number of rotatable bonds is 7. The van der Waals surface area contributed by atoms with Gasteiger partial charge in [-0.15, -0.1) is 0 Å². The molecule has 1 aliphatic heterocycles. The number of sulfonamides is 1. The summed E-state index contributed by atoms with van der Waals surface area (Å²) in [5.41, 5.74) is 1.83. The molecule has 1 amide bonds. The van der Waals surface area contributed by atoms with E-state index < -0.39 is 10.0 Å². The van der Waals surface area contributed by atoms with Gasteiger partial charge in [-0.25, -0.2) is 13.4 Å². The van der Waals surface area contributed by atoms with E-state index in [-0.39, 0.29) is 17.3 Å². The first kappa shape index (κ1) is 25.3. The van der Waals surface area contributed by atoms with E-state index in [1.54, 1.807) is 34.6 Å². The van der Waals surface area contributed by atoms with E-state index in [2.05, 4.69) is 4.98 Å². The Morgan fingerprint density at radius 2 is 1.78 bits per heavy atom. The molecule has 3 heterocycles. The molecule has 2 aromatic carbocycles. The summed E-state index contributed by atoms with van der Waals surface area (Å²) in [6, 6.07) is 17.4. The lowest BCUT2D eigenvalue weighted by molar-refractivity contribution is 0.0984. The maximum absolute atomic E-state index is 13.7. The molecular formula is C27H28N4O4S2. The molecule has 0 unspecified atom stereocenters. The highest BCUT2D eigenvalue weighted by Crippen LogP contribution is 2.33. The second-order valence-corrected chi connectivity index (χ2v) is 11.8. The van der Waals surface area contributed by atoms with Crippen LogP contribution in [0.2, 0.25) is 0 Å². The Kier molecular flexibility index (Phi) is 7.50. The Hall–Kier alpha value is -3.34. The first-order chi connectivity index (χ1) is 18.0. The summed E-state index contributed by atoms with van der Waals surface area (Å²) in [5, 5.41) is 0.528. The standard InChI is InChI=1S/C27H28N4O4S2/c1-35-22-11-14-25-24(18-22)29-27(36-25)31(19-21-8-4-5-15-28-21)26(32)20-9-12-23(13-10-20)37(33,34)30-16-6-2-3-7-17-30/h4-5,8-15,18H,2-3,6-7,16-17,19H2,1H3. The maximum Gasteiger partial charge on any atom is 0.260 e. The molecular weight excluding hydrogens is 508 g/mol. The highest BCUT2D eigenvalue weighted by molar-refractivity contribution is 7.89. The normalized spacial score (nSPS) is 14.8. The van der Waals surface area contributed by atoms with Crippen LogP contribution in [0.25, 0.3) is 10.2 Å². The fraction of sp³-hybridized carbons (Fsp3) is 0.296. The van der Waals surface area contributed by atoms with Crippen LogP contribution in [0.15, 0.2) is 71.8 Å². The van der Waals surface area contributed by atoms with Crippen LogP contribution in [0.3, 0.4) is 0 Å². The first-order valence-corrected chi connectivity index (χ1v) is 14.5. The molecule has 4 aromatic rings. The molecule has 192 valence electrons. The van der Waals surface area contributed by atoms with Crippen LogP contribution in [0.1, 0.15) is 41.7 Å². The van der Waals surface area contributed by atoms with Crippen molar-refractivity contribution >= 4 is 42.6 Å². The largest absolute Gasteiger partial charge is 0.497 e. The number of amides is 1. The van der Waals surface area contributed by atoms with Crippen molar-refractivity contribution in [3.8, 4) is 5.75 Å². The number of pyridine rings is 1. The fourth-order valence-electron chi connectivity index (χ4n) is 4.37. The van der Waals surface area contributed by atoms with Gasteiger partial charge in [0.15, 0.2) is 5.13 Å². The molecule has 0 spiro atoms. The topological polar surface area (TPSA) is 92.7 Å². The van der Waals surface area contributed by atoms with Crippen LogP contribution in [0.5, 0.6) is 5.75 Å². The van der Waals surface area contributed by atoms with Gasteiger partial charge < -0.3 is 4.74 Å². The zero-order valence-electron chi connectivity index (χ0n) is 20.5. The van der Waals surface area contributed by atoms with E-state index in [4.69, 9.17) is 9.72 Å². The summed E-state index contributed by atoms with van der Waals surface area (Å²) in [6.07, 6.45) is 5.51. The fourth-order valence-corrected chi connectivity index (χ4v) is 6.83. The minimum Gasteiger partial charge on any atom is -0.497 e. The van der Waals surface area contributed by atoms with Crippen molar-refractivity contribution in [1.29, 1.82) is 0 Å². The minimum atomic E-state index is -3.60. The molecule has 10 heteroatoms. The Balaban J connectivity index is 1.46. The van der Waals surface area contributed by atoms with Crippen molar-refractivity contribution < 1.29 is 17.9 Å². The van der Waals surface area contributed by atoms with Crippen LogP contribution in [0, 0.1) is 0 Å². The molecule has 8 nitrogen and oxygen atoms in total. The Morgan fingerprint density at radius 3 is 2.46 bits per heavy atom. The highest BCUT2D eigenvalue weighted by atomic mass is 32.2. The molecule has 0 N–H and O–H groups in total. The molecule has 0 atom stereocenters. The number of carbonyl (C=O) groups is 1. The zero-order valence-corrected chi connectivity index (χ0v) is 22.2. The zero-order chi connectivity index (χ0) is 25.8. The predicted octanol–water partition coefficient (Wildman–Crippen LogP) is 5.11. The number of hydrogen-bond donors (Lipinski definition) is 0. The Morgan fingerprint density at radius 1 is 1.03 bits per heavy atom. The second kappa shape index (κ2) is 11.0. The molecule has 1 aliphatic rings. The summed E-state index contributed by atoms with van der Waals surface area (Å²) >= 11 is 1.40.